The van der Waals surface area contributed by atoms with Gasteiger partial charge < -0.3 is 9.26 Å². The average Bonchev–Trinajstić information content (AvgIpc) is 3.02. The minimum atomic E-state index is -0.315. The molecule has 0 aliphatic heterocycles. The van der Waals surface area contributed by atoms with Crippen molar-refractivity contribution in [2.24, 2.45) is 0 Å². The third kappa shape index (κ3) is 2.98. The third-order valence-corrected chi connectivity index (χ3v) is 3.52. The maximum absolute atomic E-state index is 5.88. The van der Waals surface area contributed by atoms with Gasteiger partial charge >= 0.3 is 0 Å². The minimum absolute atomic E-state index is 0.315. The van der Waals surface area contributed by atoms with E-state index >= 15 is 0 Å². The molecule has 0 fully saturated rings. The monoisotopic (exact) mass is 295 g/mol. The maximum Gasteiger partial charge on any atom is 0.267 e. The lowest BCUT2D eigenvalue weighted by Gasteiger charge is -2.12. The van der Waals surface area contributed by atoms with Gasteiger partial charge in [-0.15, -0.1) is 0 Å². The molecule has 5 heteroatoms. The highest BCUT2D eigenvalue weighted by Crippen LogP contribution is 2.24. The molecule has 3 aromatic rings. The molecule has 0 saturated heterocycles. The second-order valence-electron chi connectivity index (χ2n) is 5.20. The number of hydrogen-bond donors (Lipinski definition) is 0. The third-order valence-electron chi connectivity index (χ3n) is 3.52. The van der Waals surface area contributed by atoms with Gasteiger partial charge in [-0.1, -0.05) is 11.2 Å². The molecule has 0 spiro atoms. The number of pyridine rings is 1. The van der Waals surface area contributed by atoms with Crippen LogP contribution in [0.4, 0.5) is 0 Å². The SMILES string of the molecule is Cc1ccc(OC(C)c2nc(-c3ccncc3)no2)cc1C. The lowest BCUT2D eigenvalue weighted by molar-refractivity contribution is 0.175. The molecule has 0 aliphatic rings. The first-order valence-electron chi connectivity index (χ1n) is 7.11. The van der Waals surface area contributed by atoms with E-state index in [0.29, 0.717) is 11.7 Å². The molecule has 1 atom stereocenters. The second-order valence-corrected chi connectivity index (χ2v) is 5.20. The van der Waals surface area contributed by atoms with Gasteiger partial charge in [0.05, 0.1) is 0 Å². The first-order chi connectivity index (χ1) is 10.6. The van der Waals surface area contributed by atoms with Crippen molar-refractivity contribution in [1.82, 2.24) is 15.1 Å². The zero-order valence-electron chi connectivity index (χ0n) is 12.8. The van der Waals surface area contributed by atoms with E-state index in [9.17, 15) is 0 Å². The number of ether oxygens (including phenoxy) is 1. The Bertz CT molecular complexity index is 769. The number of aromatic nitrogens is 3. The van der Waals surface area contributed by atoms with Crippen LogP contribution in [0, 0.1) is 13.8 Å². The van der Waals surface area contributed by atoms with Gasteiger partial charge in [-0.05, 0) is 56.2 Å². The van der Waals surface area contributed by atoms with Gasteiger partial charge in [0.1, 0.15) is 5.75 Å². The Morgan fingerprint density at radius 2 is 1.82 bits per heavy atom. The van der Waals surface area contributed by atoms with Crippen LogP contribution in [-0.2, 0) is 0 Å². The fraction of sp³-hybridized carbons (Fsp3) is 0.235. The van der Waals surface area contributed by atoms with Crippen molar-refractivity contribution >= 4 is 0 Å². The summed E-state index contributed by atoms with van der Waals surface area (Å²) in [6.45, 7) is 6.02. The van der Waals surface area contributed by atoms with E-state index in [2.05, 4.69) is 29.0 Å². The van der Waals surface area contributed by atoms with Crippen LogP contribution >= 0.6 is 0 Å². The molecule has 1 aromatic carbocycles. The Hall–Kier alpha value is -2.69. The van der Waals surface area contributed by atoms with E-state index in [-0.39, 0.29) is 6.10 Å². The first-order valence-corrected chi connectivity index (χ1v) is 7.11. The van der Waals surface area contributed by atoms with Gasteiger partial charge in [-0.3, -0.25) is 4.98 Å². The van der Waals surface area contributed by atoms with Crippen molar-refractivity contribution in [3.05, 3.63) is 59.7 Å². The minimum Gasteiger partial charge on any atom is -0.481 e. The van der Waals surface area contributed by atoms with E-state index in [1.165, 1.54) is 11.1 Å². The van der Waals surface area contributed by atoms with Gasteiger partial charge in [0.15, 0.2) is 6.10 Å². The van der Waals surface area contributed by atoms with Crippen LogP contribution in [0.3, 0.4) is 0 Å². The number of benzene rings is 1. The van der Waals surface area contributed by atoms with Crippen LogP contribution in [0.5, 0.6) is 5.75 Å². The standard InChI is InChI=1S/C17H17N3O2/c1-11-4-5-15(10-12(11)2)21-13(3)17-19-16(20-22-17)14-6-8-18-9-7-14/h4-10,13H,1-3H3. The molecule has 0 saturated carbocycles. The van der Waals surface area contributed by atoms with E-state index in [1.54, 1.807) is 12.4 Å². The molecular formula is C17H17N3O2. The van der Waals surface area contributed by atoms with Crippen LogP contribution in [0.25, 0.3) is 11.4 Å². The summed E-state index contributed by atoms with van der Waals surface area (Å²) in [6.07, 6.45) is 3.07. The largest absolute Gasteiger partial charge is 0.481 e. The highest BCUT2D eigenvalue weighted by molar-refractivity contribution is 5.52. The molecule has 5 nitrogen and oxygen atoms in total. The van der Waals surface area contributed by atoms with Crippen molar-refractivity contribution in [1.29, 1.82) is 0 Å². The van der Waals surface area contributed by atoms with E-state index in [1.807, 2.05) is 37.3 Å². The molecule has 0 N–H and O–H groups in total. The summed E-state index contributed by atoms with van der Waals surface area (Å²) in [7, 11) is 0. The number of hydrogen-bond acceptors (Lipinski definition) is 5. The van der Waals surface area contributed by atoms with E-state index in [0.717, 1.165) is 11.3 Å². The number of rotatable bonds is 4. The topological polar surface area (TPSA) is 61.0 Å². The highest BCUT2D eigenvalue weighted by atomic mass is 16.5. The number of aryl methyl sites for hydroxylation is 2. The Balaban J connectivity index is 1.77. The Labute approximate surface area is 129 Å². The van der Waals surface area contributed by atoms with Crippen molar-refractivity contribution in [3.8, 4) is 17.1 Å². The van der Waals surface area contributed by atoms with Crippen LogP contribution in [0.1, 0.15) is 30.0 Å². The molecule has 2 heterocycles. The maximum atomic E-state index is 5.88. The van der Waals surface area contributed by atoms with Crippen LogP contribution < -0.4 is 4.74 Å². The quantitative estimate of drug-likeness (QED) is 0.730. The van der Waals surface area contributed by atoms with Gasteiger partial charge in [-0.2, -0.15) is 4.98 Å². The molecule has 1 unspecified atom stereocenters. The van der Waals surface area contributed by atoms with Gasteiger partial charge in [0.2, 0.25) is 5.82 Å². The summed E-state index contributed by atoms with van der Waals surface area (Å²) < 4.78 is 11.2. The second kappa shape index (κ2) is 5.97. The van der Waals surface area contributed by atoms with Crippen LogP contribution in [-0.4, -0.2) is 15.1 Å². The first kappa shape index (κ1) is 14.3. The van der Waals surface area contributed by atoms with Crippen molar-refractivity contribution in [3.63, 3.8) is 0 Å². The Morgan fingerprint density at radius 3 is 2.55 bits per heavy atom. The zero-order valence-corrected chi connectivity index (χ0v) is 12.8. The summed E-state index contributed by atoms with van der Waals surface area (Å²) in [5, 5.41) is 3.99. The van der Waals surface area contributed by atoms with E-state index in [4.69, 9.17) is 9.26 Å². The predicted octanol–water partition coefficient (Wildman–Crippen LogP) is 3.89. The smallest absolute Gasteiger partial charge is 0.267 e. The Kier molecular flexibility index (Phi) is 3.87. The summed E-state index contributed by atoms with van der Waals surface area (Å²) in [4.78, 5) is 8.36. The zero-order chi connectivity index (χ0) is 15.5. The summed E-state index contributed by atoms with van der Waals surface area (Å²) in [5.41, 5.74) is 3.29. The molecule has 112 valence electrons. The lowest BCUT2D eigenvalue weighted by atomic mass is 10.1. The predicted molar refractivity (Wildman–Crippen MR) is 82.5 cm³/mol. The molecule has 3 rings (SSSR count). The van der Waals surface area contributed by atoms with Gasteiger partial charge in [0, 0.05) is 18.0 Å². The van der Waals surface area contributed by atoms with Crippen LogP contribution in [0.15, 0.2) is 47.2 Å². The summed E-state index contributed by atoms with van der Waals surface area (Å²) >= 11 is 0. The molecule has 0 bridgehead atoms. The molecule has 22 heavy (non-hydrogen) atoms. The molecule has 0 aliphatic carbocycles. The van der Waals surface area contributed by atoms with Gasteiger partial charge in [0.25, 0.3) is 5.89 Å². The highest BCUT2D eigenvalue weighted by Gasteiger charge is 2.17. The fourth-order valence-corrected chi connectivity index (χ4v) is 2.06. The number of nitrogens with zero attached hydrogens (tertiary/aromatic N) is 3. The van der Waals surface area contributed by atoms with Crippen molar-refractivity contribution in [2.45, 2.75) is 26.9 Å². The van der Waals surface area contributed by atoms with Crippen LogP contribution in [0.2, 0.25) is 0 Å². The van der Waals surface area contributed by atoms with Crippen molar-refractivity contribution < 1.29 is 9.26 Å². The molecular weight excluding hydrogens is 278 g/mol. The van der Waals surface area contributed by atoms with Gasteiger partial charge in [-0.25, -0.2) is 0 Å². The fourth-order valence-electron chi connectivity index (χ4n) is 2.06. The van der Waals surface area contributed by atoms with Crippen molar-refractivity contribution in [2.75, 3.05) is 0 Å². The molecule has 0 amide bonds. The molecule has 2 aromatic heterocycles. The average molecular weight is 295 g/mol. The Morgan fingerprint density at radius 1 is 1.05 bits per heavy atom. The summed E-state index contributed by atoms with van der Waals surface area (Å²) in [6, 6.07) is 9.66. The molecule has 0 radical (unpaired) electrons. The summed E-state index contributed by atoms with van der Waals surface area (Å²) in [5.74, 6) is 1.78. The van der Waals surface area contributed by atoms with E-state index < -0.39 is 0 Å². The normalized spacial score (nSPS) is 12.1. The lowest BCUT2D eigenvalue weighted by Crippen LogP contribution is -2.03.